The Hall–Kier alpha value is -5.34. The summed E-state index contributed by atoms with van der Waals surface area (Å²) < 4.78 is 7.59. The third-order valence-electron chi connectivity index (χ3n) is 10.2. The summed E-state index contributed by atoms with van der Waals surface area (Å²) in [6, 6.07) is 10.7. The van der Waals surface area contributed by atoms with E-state index in [2.05, 4.69) is 31.7 Å². The van der Waals surface area contributed by atoms with Gasteiger partial charge >= 0.3 is 0 Å². The molecule has 14 heteroatoms. The fourth-order valence-electron chi connectivity index (χ4n) is 7.63. The molecular weight excluding hydrogens is 652 g/mol. The Balaban J connectivity index is 0.859. The molecule has 51 heavy (non-hydrogen) atoms. The fraction of sp³-hybridized carbons (Fsp3) is 0.405. The van der Waals surface area contributed by atoms with Gasteiger partial charge in [-0.25, -0.2) is 9.50 Å². The van der Waals surface area contributed by atoms with E-state index in [0.29, 0.717) is 72.2 Å². The highest BCUT2D eigenvalue weighted by Gasteiger charge is 2.39. The van der Waals surface area contributed by atoms with Crippen LogP contribution in [0, 0.1) is 5.92 Å². The zero-order valence-corrected chi connectivity index (χ0v) is 28.5. The second kappa shape index (κ2) is 13.1. The predicted octanol–water partition coefficient (Wildman–Crippen LogP) is 2.45. The van der Waals surface area contributed by atoms with Gasteiger partial charge in [-0.3, -0.25) is 19.2 Å². The van der Waals surface area contributed by atoms with Gasteiger partial charge in [0.25, 0.3) is 17.7 Å². The van der Waals surface area contributed by atoms with E-state index in [0.717, 1.165) is 42.7 Å². The van der Waals surface area contributed by atoms with E-state index >= 15 is 0 Å². The van der Waals surface area contributed by atoms with Gasteiger partial charge in [-0.15, -0.1) is 0 Å². The molecule has 0 aliphatic carbocycles. The van der Waals surface area contributed by atoms with Gasteiger partial charge in [0.15, 0.2) is 5.65 Å². The third-order valence-corrected chi connectivity index (χ3v) is 10.2. The maximum atomic E-state index is 13.5. The molecule has 264 valence electrons. The van der Waals surface area contributed by atoms with Gasteiger partial charge in [-0.2, -0.15) is 5.10 Å². The number of aliphatic hydroxyl groups excluding tert-OH is 1. The first-order chi connectivity index (χ1) is 24.6. The number of carbonyl (C=O) groups excluding carboxylic acids is 4. The minimum atomic E-state index is -0.852. The monoisotopic (exact) mass is 692 g/mol. The Morgan fingerprint density at radius 3 is 2.69 bits per heavy atom. The van der Waals surface area contributed by atoms with Crippen molar-refractivity contribution in [3.05, 3.63) is 88.4 Å². The molecule has 2 aromatic heterocycles. The first kappa shape index (κ1) is 32.8. The number of likely N-dealkylation sites (tertiary alicyclic amines) is 1. The maximum Gasteiger partial charge on any atom is 0.261 e. The minimum Gasteiger partial charge on any atom is -0.489 e. The van der Waals surface area contributed by atoms with Crippen molar-refractivity contribution in [3.63, 3.8) is 0 Å². The largest absolute Gasteiger partial charge is 0.489 e. The van der Waals surface area contributed by atoms with Crippen molar-refractivity contribution >= 4 is 35.0 Å². The van der Waals surface area contributed by atoms with Gasteiger partial charge in [-0.1, -0.05) is 12.1 Å². The fourth-order valence-corrected chi connectivity index (χ4v) is 7.63. The zero-order chi connectivity index (χ0) is 35.4. The molecule has 2 unspecified atom stereocenters. The SMILES string of the molecule is CC(C)Oc1cc2c(cc1NC(=O)c1cnn3cccnc13)CN(CC1CN(CCc3ccc4c(c3)CN(C3CCC(O)NC3=O)C4=O)C1)C2=O. The number of aliphatic hydroxyl groups is 1. The van der Waals surface area contributed by atoms with Gasteiger partial charge in [0.05, 0.1) is 18.0 Å². The second-order valence-corrected chi connectivity index (χ2v) is 14.2. The van der Waals surface area contributed by atoms with Crippen molar-refractivity contribution in [1.82, 2.24) is 34.6 Å². The number of piperidine rings is 1. The Morgan fingerprint density at radius 1 is 1.06 bits per heavy atom. The zero-order valence-electron chi connectivity index (χ0n) is 28.5. The normalized spacial score (nSPS) is 20.5. The standard InChI is InChI=1S/C37H40N8O6/c1-21(2)51-31-14-27-25(13-29(31)40-34(47)28-15-39-45-10-3-9-38-33(28)45)19-43(36(27)49)18-23-16-42(17-23)11-8-22-4-5-26-24(12-22)20-44(37(26)50)30-6-7-32(46)41-35(30)48/h3-5,9-10,12-15,21,23,30,32,46H,6-8,11,16-20H2,1-2H3,(H,40,47)(H,41,48). The lowest BCUT2D eigenvalue weighted by atomic mass is 9.98. The average Bonchev–Trinajstić information content (AvgIpc) is 3.75. The molecule has 3 N–H and O–H groups in total. The van der Waals surface area contributed by atoms with Crippen LogP contribution in [-0.2, 0) is 24.3 Å². The molecule has 4 aromatic rings. The number of nitrogens with zero attached hydrogens (tertiary/aromatic N) is 6. The van der Waals surface area contributed by atoms with Crippen molar-refractivity contribution in [2.45, 2.75) is 64.6 Å². The van der Waals surface area contributed by atoms with E-state index in [4.69, 9.17) is 4.74 Å². The van der Waals surface area contributed by atoms with Crippen LogP contribution in [0.5, 0.6) is 5.75 Å². The molecule has 0 spiro atoms. The van der Waals surface area contributed by atoms with E-state index in [1.807, 2.05) is 36.9 Å². The lowest BCUT2D eigenvalue weighted by molar-refractivity contribution is -0.132. The smallest absolute Gasteiger partial charge is 0.261 e. The van der Waals surface area contributed by atoms with Crippen LogP contribution in [0.15, 0.2) is 55.0 Å². The summed E-state index contributed by atoms with van der Waals surface area (Å²) in [6.45, 7) is 7.93. The molecule has 2 fully saturated rings. The molecule has 2 aromatic carbocycles. The van der Waals surface area contributed by atoms with Crippen molar-refractivity contribution < 1.29 is 29.0 Å². The molecule has 0 radical (unpaired) electrons. The van der Waals surface area contributed by atoms with E-state index in [1.165, 1.54) is 6.20 Å². The van der Waals surface area contributed by atoms with Crippen LogP contribution in [0.3, 0.4) is 0 Å². The Morgan fingerprint density at radius 2 is 1.88 bits per heavy atom. The van der Waals surface area contributed by atoms with Gasteiger partial charge in [0, 0.05) is 68.7 Å². The summed E-state index contributed by atoms with van der Waals surface area (Å²) in [7, 11) is 0. The highest BCUT2D eigenvalue weighted by Crippen LogP contribution is 2.36. The van der Waals surface area contributed by atoms with Gasteiger partial charge in [-0.05, 0) is 74.1 Å². The van der Waals surface area contributed by atoms with Gasteiger partial charge in [0.1, 0.15) is 23.6 Å². The van der Waals surface area contributed by atoms with E-state index in [-0.39, 0.29) is 29.7 Å². The Bertz CT molecular complexity index is 2060. The molecule has 8 rings (SSSR count). The van der Waals surface area contributed by atoms with Crippen LogP contribution in [-0.4, -0.2) is 103 Å². The van der Waals surface area contributed by atoms with Crippen molar-refractivity contribution in [2.75, 3.05) is 31.5 Å². The molecule has 4 aliphatic rings. The summed E-state index contributed by atoms with van der Waals surface area (Å²) in [5.41, 5.74) is 5.42. The van der Waals surface area contributed by atoms with Crippen LogP contribution in [0.2, 0.25) is 0 Å². The summed E-state index contributed by atoms with van der Waals surface area (Å²) in [5.74, 6) is -0.0526. The highest BCUT2D eigenvalue weighted by atomic mass is 16.5. The van der Waals surface area contributed by atoms with Crippen LogP contribution in [0.25, 0.3) is 5.65 Å². The van der Waals surface area contributed by atoms with Crippen LogP contribution < -0.4 is 15.4 Å². The quantitative estimate of drug-likeness (QED) is 0.227. The number of fused-ring (bicyclic) bond motifs is 3. The lowest BCUT2D eigenvalue weighted by Gasteiger charge is -2.41. The number of amides is 4. The predicted molar refractivity (Wildman–Crippen MR) is 185 cm³/mol. The van der Waals surface area contributed by atoms with Crippen molar-refractivity contribution in [1.29, 1.82) is 0 Å². The summed E-state index contributed by atoms with van der Waals surface area (Å²) in [5, 5.41) is 19.4. The number of rotatable bonds is 10. The molecule has 14 nitrogen and oxygen atoms in total. The van der Waals surface area contributed by atoms with Crippen LogP contribution in [0.4, 0.5) is 5.69 Å². The van der Waals surface area contributed by atoms with E-state index < -0.39 is 12.3 Å². The number of nitrogens with one attached hydrogen (secondary N) is 2. The minimum absolute atomic E-state index is 0.0367. The van der Waals surface area contributed by atoms with Crippen molar-refractivity contribution in [3.8, 4) is 5.75 Å². The summed E-state index contributed by atoms with van der Waals surface area (Å²) >= 11 is 0. The number of hydrogen-bond donors (Lipinski definition) is 3. The van der Waals surface area contributed by atoms with Crippen LogP contribution >= 0.6 is 0 Å². The summed E-state index contributed by atoms with van der Waals surface area (Å²) in [4.78, 5) is 62.5. The number of benzene rings is 2. The Labute approximate surface area is 294 Å². The molecular formula is C37H40N8O6. The molecule has 4 aliphatic heterocycles. The number of aromatic nitrogens is 3. The highest BCUT2D eigenvalue weighted by molar-refractivity contribution is 6.09. The number of ether oxygens (including phenoxy) is 1. The second-order valence-electron chi connectivity index (χ2n) is 14.2. The number of anilines is 1. The van der Waals surface area contributed by atoms with Crippen LogP contribution in [0.1, 0.15) is 74.5 Å². The number of carbonyl (C=O) groups is 4. The molecule has 6 heterocycles. The lowest BCUT2D eigenvalue weighted by Crippen LogP contribution is -2.54. The maximum absolute atomic E-state index is 13.5. The first-order valence-corrected chi connectivity index (χ1v) is 17.5. The van der Waals surface area contributed by atoms with Gasteiger partial charge < -0.3 is 35.2 Å². The summed E-state index contributed by atoms with van der Waals surface area (Å²) in [6.07, 6.45) is 5.50. The average molecular weight is 693 g/mol. The molecule has 0 bridgehead atoms. The third kappa shape index (κ3) is 6.29. The molecule has 2 atom stereocenters. The first-order valence-electron chi connectivity index (χ1n) is 17.5. The number of hydrogen-bond acceptors (Lipinski definition) is 9. The van der Waals surface area contributed by atoms with E-state index in [1.54, 1.807) is 33.9 Å². The Kier molecular flexibility index (Phi) is 8.43. The molecule has 0 saturated carbocycles. The topological polar surface area (TPSA) is 162 Å². The van der Waals surface area contributed by atoms with Crippen molar-refractivity contribution in [2.24, 2.45) is 5.92 Å². The molecule has 2 saturated heterocycles. The van der Waals surface area contributed by atoms with Gasteiger partial charge in [0.2, 0.25) is 5.91 Å². The molecule has 4 amide bonds. The van der Waals surface area contributed by atoms with E-state index in [9.17, 15) is 24.3 Å².